The number of piperidine rings is 1. The van der Waals surface area contributed by atoms with Crippen molar-refractivity contribution < 1.29 is 4.79 Å². The zero-order chi connectivity index (χ0) is 12.4. The molecule has 92 valence electrons. The van der Waals surface area contributed by atoms with E-state index >= 15 is 0 Å². The normalized spacial score (nSPS) is 24.7. The van der Waals surface area contributed by atoms with Gasteiger partial charge in [-0.25, -0.2) is 0 Å². The predicted octanol–water partition coefficient (Wildman–Crippen LogP) is 1.10. The van der Waals surface area contributed by atoms with E-state index in [1.165, 1.54) is 0 Å². The first-order valence-electron chi connectivity index (χ1n) is 6.00. The maximum Gasteiger partial charge on any atom is 0.248 e. The van der Waals surface area contributed by atoms with Gasteiger partial charge in [0.25, 0.3) is 0 Å². The monoisotopic (exact) mass is 233 g/mol. The largest absolute Gasteiger partial charge is 0.369 e. The molecule has 1 aromatic carbocycles. The van der Waals surface area contributed by atoms with Crippen LogP contribution in [-0.4, -0.2) is 24.5 Å². The third kappa shape index (κ3) is 2.58. The smallest absolute Gasteiger partial charge is 0.248 e. The molecule has 0 spiro atoms. The van der Waals surface area contributed by atoms with Gasteiger partial charge in [0, 0.05) is 29.9 Å². The van der Waals surface area contributed by atoms with Gasteiger partial charge in [-0.2, -0.15) is 0 Å². The minimum atomic E-state index is -0.384. The number of hydrogen-bond acceptors (Lipinski definition) is 3. The van der Waals surface area contributed by atoms with E-state index in [2.05, 4.69) is 11.8 Å². The topological polar surface area (TPSA) is 72.3 Å². The number of carbonyl (C=O) groups excluding carboxylic acids is 1. The summed E-state index contributed by atoms with van der Waals surface area (Å²) in [7, 11) is 0. The molecule has 1 saturated heterocycles. The lowest BCUT2D eigenvalue weighted by atomic mass is 9.98. The summed E-state index contributed by atoms with van der Waals surface area (Å²) in [5.74, 6) is -0.384. The fourth-order valence-corrected chi connectivity index (χ4v) is 2.41. The lowest BCUT2D eigenvalue weighted by molar-refractivity contribution is 0.100. The molecule has 1 amide bonds. The van der Waals surface area contributed by atoms with Gasteiger partial charge in [-0.1, -0.05) is 0 Å². The number of nitrogens with two attached hydrogens (primary N) is 2. The van der Waals surface area contributed by atoms with E-state index in [0.29, 0.717) is 17.6 Å². The van der Waals surface area contributed by atoms with Gasteiger partial charge in [-0.15, -0.1) is 0 Å². The van der Waals surface area contributed by atoms with Crippen molar-refractivity contribution in [2.75, 3.05) is 11.4 Å². The van der Waals surface area contributed by atoms with Crippen LogP contribution in [0, 0.1) is 0 Å². The third-order valence-electron chi connectivity index (χ3n) is 3.40. The number of primary amides is 1. The zero-order valence-electron chi connectivity index (χ0n) is 10.1. The molecule has 0 aromatic heterocycles. The van der Waals surface area contributed by atoms with Crippen molar-refractivity contribution in [1.29, 1.82) is 0 Å². The number of nitrogens with zero attached hydrogens (tertiary/aromatic N) is 1. The van der Waals surface area contributed by atoms with Crippen molar-refractivity contribution in [3.05, 3.63) is 29.8 Å². The van der Waals surface area contributed by atoms with E-state index < -0.39 is 0 Å². The molecule has 4 heteroatoms. The lowest BCUT2D eigenvalue weighted by Crippen LogP contribution is -2.45. The Hall–Kier alpha value is -1.55. The zero-order valence-corrected chi connectivity index (χ0v) is 10.1. The summed E-state index contributed by atoms with van der Waals surface area (Å²) in [6.07, 6.45) is 2.03. The Morgan fingerprint density at radius 1 is 1.35 bits per heavy atom. The molecule has 2 unspecified atom stereocenters. The van der Waals surface area contributed by atoms with Crippen molar-refractivity contribution >= 4 is 11.6 Å². The van der Waals surface area contributed by atoms with Gasteiger partial charge >= 0.3 is 0 Å². The van der Waals surface area contributed by atoms with Gasteiger partial charge < -0.3 is 16.4 Å². The van der Waals surface area contributed by atoms with E-state index in [1.807, 2.05) is 12.1 Å². The third-order valence-corrected chi connectivity index (χ3v) is 3.40. The molecule has 0 saturated carbocycles. The SMILES string of the molecule is CC1CC(N)CCN1c1ccc(C(N)=O)cc1. The molecule has 0 radical (unpaired) electrons. The van der Waals surface area contributed by atoms with Crippen LogP contribution < -0.4 is 16.4 Å². The van der Waals surface area contributed by atoms with Crippen LogP contribution in [0.15, 0.2) is 24.3 Å². The van der Waals surface area contributed by atoms with Crippen LogP contribution in [0.3, 0.4) is 0 Å². The molecule has 1 heterocycles. The molecular formula is C13H19N3O. The summed E-state index contributed by atoms with van der Waals surface area (Å²) >= 11 is 0. The molecule has 1 aliphatic rings. The first-order chi connectivity index (χ1) is 8.08. The van der Waals surface area contributed by atoms with Crippen LogP contribution in [-0.2, 0) is 0 Å². The van der Waals surface area contributed by atoms with Crippen molar-refractivity contribution in [2.45, 2.75) is 31.8 Å². The number of rotatable bonds is 2. The first kappa shape index (κ1) is 11.9. The Bertz CT molecular complexity index is 402. The highest BCUT2D eigenvalue weighted by atomic mass is 16.1. The molecule has 2 rings (SSSR count). The second kappa shape index (κ2) is 4.75. The predicted molar refractivity (Wildman–Crippen MR) is 69.0 cm³/mol. The minimum Gasteiger partial charge on any atom is -0.369 e. The summed E-state index contributed by atoms with van der Waals surface area (Å²) in [6.45, 7) is 3.15. The van der Waals surface area contributed by atoms with E-state index in [1.54, 1.807) is 12.1 Å². The fourth-order valence-electron chi connectivity index (χ4n) is 2.41. The molecule has 17 heavy (non-hydrogen) atoms. The highest BCUT2D eigenvalue weighted by Gasteiger charge is 2.23. The summed E-state index contributed by atoms with van der Waals surface area (Å²) in [6, 6.07) is 8.21. The summed E-state index contributed by atoms with van der Waals surface area (Å²) in [5, 5.41) is 0. The van der Waals surface area contributed by atoms with Crippen LogP contribution in [0.2, 0.25) is 0 Å². The fraction of sp³-hybridized carbons (Fsp3) is 0.462. The Morgan fingerprint density at radius 3 is 2.53 bits per heavy atom. The number of amides is 1. The summed E-state index contributed by atoms with van der Waals surface area (Å²) < 4.78 is 0. The Morgan fingerprint density at radius 2 is 2.00 bits per heavy atom. The van der Waals surface area contributed by atoms with E-state index in [-0.39, 0.29) is 5.91 Å². The highest BCUT2D eigenvalue weighted by Crippen LogP contribution is 2.24. The number of anilines is 1. The van der Waals surface area contributed by atoms with Gasteiger partial charge in [0.1, 0.15) is 0 Å². The lowest BCUT2D eigenvalue weighted by Gasteiger charge is -2.38. The Balaban J connectivity index is 2.14. The molecule has 1 aliphatic heterocycles. The summed E-state index contributed by atoms with van der Waals surface area (Å²) in [5.41, 5.74) is 12.8. The average Bonchev–Trinajstić information content (AvgIpc) is 2.29. The molecular weight excluding hydrogens is 214 g/mol. The Labute approximate surface area is 102 Å². The standard InChI is InChI=1S/C13H19N3O/c1-9-8-11(14)6-7-16(9)12-4-2-10(3-5-12)13(15)17/h2-5,9,11H,6-8,14H2,1H3,(H2,15,17). The quantitative estimate of drug-likeness (QED) is 0.803. The van der Waals surface area contributed by atoms with Crippen molar-refractivity contribution in [3.8, 4) is 0 Å². The van der Waals surface area contributed by atoms with Crippen molar-refractivity contribution in [1.82, 2.24) is 0 Å². The molecule has 4 nitrogen and oxygen atoms in total. The van der Waals surface area contributed by atoms with E-state index in [4.69, 9.17) is 11.5 Å². The molecule has 0 aliphatic carbocycles. The van der Waals surface area contributed by atoms with Gasteiger partial charge in [-0.05, 0) is 44.0 Å². The van der Waals surface area contributed by atoms with Crippen molar-refractivity contribution in [3.63, 3.8) is 0 Å². The van der Waals surface area contributed by atoms with Gasteiger partial charge in [0.15, 0.2) is 0 Å². The number of carbonyl (C=O) groups is 1. The second-order valence-corrected chi connectivity index (χ2v) is 4.74. The number of benzene rings is 1. The Kier molecular flexibility index (Phi) is 3.33. The van der Waals surface area contributed by atoms with Gasteiger partial charge in [0.05, 0.1) is 0 Å². The average molecular weight is 233 g/mol. The highest BCUT2D eigenvalue weighted by molar-refractivity contribution is 5.93. The maximum atomic E-state index is 11.0. The minimum absolute atomic E-state index is 0.311. The van der Waals surface area contributed by atoms with Crippen LogP contribution in [0.25, 0.3) is 0 Å². The van der Waals surface area contributed by atoms with Crippen LogP contribution >= 0.6 is 0 Å². The van der Waals surface area contributed by atoms with Crippen LogP contribution in [0.5, 0.6) is 0 Å². The van der Waals surface area contributed by atoms with Gasteiger partial charge in [-0.3, -0.25) is 4.79 Å². The van der Waals surface area contributed by atoms with Crippen LogP contribution in [0.1, 0.15) is 30.1 Å². The molecule has 1 fully saturated rings. The summed E-state index contributed by atoms with van der Waals surface area (Å²) in [4.78, 5) is 13.3. The van der Waals surface area contributed by atoms with Crippen molar-refractivity contribution in [2.24, 2.45) is 11.5 Å². The number of hydrogen-bond donors (Lipinski definition) is 2. The maximum absolute atomic E-state index is 11.0. The van der Waals surface area contributed by atoms with Crippen LogP contribution in [0.4, 0.5) is 5.69 Å². The molecule has 0 bridgehead atoms. The molecule has 1 aromatic rings. The first-order valence-corrected chi connectivity index (χ1v) is 6.00. The van der Waals surface area contributed by atoms with E-state index in [0.717, 1.165) is 25.1 Å². The van der Waals surface area contributed by atoms with Gasteiger partial charge in [0.2, 0.25) is 5.91 Å². The van der Waals surface area contributed by atoms with E-state index in [9.17, 15) is 4.79 Å². The molecule has 4 N–H and O–H groups in total. The second-order valence-electron chi connectivity index (χ2n) is 4.74. The molecule has 2 atom stereocenters.